The van der Waals surface area contributed by atoms with Crippen LogP contribution in [0.3, 0.4) is 0 Å². The van der Waals surface area contributed by atoms with Gasteiger partial charge >= 0.3 is 0 Å². The molecule has 2 rings (SSSR count). The molecule has 1 aromatic rings. The van der Waals surface area contributed by atoms with Crippen LogP contribution < -0.4 is 14.8 Å². The van der Waals surface area contributed by atoms with E-state index in [0.29, 0.717) is 5.92 Å². The van der Waals surface area contributed by atoms with Crippen molar-refractivity contribution in [2.45, 2.75) is 5.92 Å². The van der Waals surface area contributed by atoms with E-state index in [1.807, 2.05) is 18.2 Å². The van der Waals surface area contributed by atoms with Gasteiger partial charge in [0.1, 0.15) is 11.5 Å². The zero-order valence-electron chi connectivity index (χ0n) is 10.3. The Morgan fingerprint density at radius 3 is 2.35 bits per heavy atom. The average molecular weight is 237 g/mol. The first-order chi connectivity index (χ1) is 8.28. The molecule has 0 aliphatic carbocycles. The second-order valence-corrected chi connectivity index (χ2v) is 4.35. The summed E-state index contributed by atoms with van der Waals surface area (Å²) in [6.07, 6.45) is 0. The molecule has 1 aromatic carbocycles. The highest BCUT2D eigenvalue weighted by Gasteiger charge is 2.28. The molecule has 0 saturated carbocycles. The van der Waals surface area contributed by atoms with Crippen LogP contribution in [-0.4, -0.2) is 39.0 Å². The van der Waals surface area contributed by atoms with E-state index in [1.165, 1.54) is 0 Å². The summed E-state index contributed by atoms with van der Waals surface area (Å²) in [6, 6.07) is 5.89. The summed E-state index contributed by atoms with van der Waals surface area (Å²) < 4.78 is 10.5. The highest BCUT2D eigenvalue weighted by molar-refractivity contribution is 5.40. The first-order valence-corrected chi connectivity index (χ1v) is 5.83. The Kier molecular flexibility index (Phi) is 3.86. The second-order valence-electron chi connectivity index (χ2n) is 4.35. The van der Waals surface area contributed by atoms with Crippen molar-refractivity contribution in [1.29, 1.82) is 0 Å². The number of nitrogens with one attached hydrogen (secondary N) is 1. The lowest BCUT2D eigenvalue weighted by molar-refractivity contribution is 0.226. The van der Waals surface area contributed by atoms with Gasteiger partial charge in [-0.2, -0.15) is 0 Å². The van der Waals surface area contributed by atoms with Crippen LogP contribution in [0.25, 0.3) is 0 Å². The minimum Gasteiger partial charge on any atom is -0.497 e. The molecular formula is C13H19NO3. The average Bonchev–Trinajstić information content (AvgIpc) is 2.86. The highest BCUT2D eigenvalue weighted by atomic mass is 16.5. The minimum atomic E-state index is 0.206. The first kappa shape index (κ1) is 12.2. The molecule has 0 amide bonds. The fourth-order valence-corrected chi connectivity index (χ4v) is 2.36. The molecular weight excluding hydrogens is 218 g/mol. The topological polar surface area (TPSA) is 50.7 Å². The summed E-state index contributed by atoms with van der Waals surface area (Å²) in [6.45, 7) is 1.96. The normalized spacial score (nSPS) is 23.7. The molecule has 17 heavy (non-hydrogen) atoms. The summed E-state index contributed by atoms with van der Waals surface area (Å²) in [5.74, 6) is 2.18. The van der Waals surface area contributed by atoms with Crippen molar-refractivity contribution in [3.8, 4) is 11.5 Å². The SMILES string of the molecule is COc1cc(OC)cc([C@H]2CNC[C@@H]2CO)c1. The van der Waals surface area contributed by atoms with Gasteiger partial charge in [0.2, 0.25) is 0 Å². The van der Waals surface area contributed by atoms with Crippen LogP contribution in [0.15, 0.2) is 18.2 Å². The zero-order chi connectivity index (χ0) is 12.3. The van der Waals surface area contributed by atoms with Crippen LogP contribution in [0.2, 0.25) is 0 Å². The van der Waals surface area contributed by atoms with Gasteiger partial charge in [-0.3, -0.25) is 0 Å². The Morgan fingerprint density at radius 2 is 1.82 bits per heavy atom. The standard InChI is InChI=1S/C13H19NO3/c1-16-11-3-9(4-12(5-11)17-2)13-7-14-6-10(13)8-15/h3-5,10,13-15H,6-8H2,1-2H3/t10-,13-/m1/s1. The van der Waals surface area contributed by atoms with Crippen molar-refractivity contribution in [2.75, 3.05) is 33.9 Å². The van der Waals surface area contributed by atoms with E-state index in [2.05, 4.69) is 5.32 Å². The lowest BCUT2D eigenvalue weighted by Gasteiger charge is -2.18. The van der Waals surface area contributed by atoms with Crippen LogP contribution in [0.1, 0.15) is 11.5 Å². The van der Waals surface area contributed by atoms with Crippen molar-refractivity contribution < 1.29 is 14.6 Å². The molecule has 0 bridgehead atoms. The number of methoxy groups -OCH3 is 2. The number of ether oxygens (including phenoxy) is 2. The van der Waals surface area contributed by atoms with Crippen LogP contribution in [-0.2, 0) is 0 Å². The Morgan fingerprint density at radius 1 is 1.18 bits per heavy atom. The maximum atomic E-state index is 9.35. The molecule has 4 heteroatoms. The molecule has 94 valence electrons. The Balaban J connectivity index is 2.30. The van der Waals surface area contributed by atoms with Crippen LogP contribution in [0.5, 0.6) is 11.5 Å². The molecule has 2 atom stereocenters. The van der Waals surface area contributed by atoms with E-state index in [1.54, 1.807) is 14.2 Å². The monoisotopic (exact) mass is 237 g/mol. The summed E-state index contributed by atoms with van der Waals surface area (Å²) >= 11 is 0. The predicted molar refractivity (Wildman–Crippen MR) is 65.7 cm³/mol. The third-order valence-electron chi connectivity index (χ3n) is 3.38. The van der Waals surface area contributed by atoms with Crippen molar-refractivity contribution >= 4 is 0 Å². The van der Waals surface area contributed by atoms with E-state index in [0.717, 1.165) is 30.2 Å². The smallest absolute Gasteiger partial charge is 0.122 e. The molecule has 1 aliphatic rings. The Bertz CT molecular complexity index is 359. The van der Waals surface area contributed by atoms with Gasteiger partial charge in [-0.25, -0.2) is 0 Å². The van der Waals surface area contributed by atoms with Crippen molar-refractivity contribution in [2.24, 2.45) is 5.92 Å². The zero-order valence-corrected chi connectivity index (χ0v) is 10.3. The fourth-order valence-electron chi connectivity index (χ4n) is 2.36. The van der Waals surface area contributed by atoms with E-state index in [4.69, 9.17) is 9.47 Å². The van der Waals surface area contributed by atoms with Crippen molar-refractivity contribution in [1.82, 2.24) is 5.32 Å². The van der Waals surface area contributed by atoms with Gasteiger partial charge in [0.05, 0.1) is 14.2 Å². The molecule has 0 aromatic heterocycles. The largest absolute Gasteiger partial charge is 0.497 e. The third-order valence-corrected chi connectivity index (χ3v) is 3.38. The number of hydrogen-bond donors (Lipinski definition) is 2. The number of hydrogen-bond acceptors (Lipinski definition) is 4. The second kappa shape index (κ2) is 5.38. The maximum absolute atomic E-state index is 9.35. The molecule has 0 radical (unpaired) electrons. The van der Waals surface area contributed by atoms with E-state index in [-0.39, 0.29) is 12.5 Å². The van der Waals surface area contributed by atoms with Gasteiger partial charge in [-0.05, 0) is 17.7 Å². The van der Waals surface area contributed by atoms with Gasteiger partial charge in [0, 0.05) is 37.6 Å². The minimum absolute atomic E-state index is 0.206. The summed E-state index contributed by atoms with van der Waals surface area (Å²) in [4.78, 5) is 0. The van der Waals surface area contributed by atoms with Crippen LogP contribution >= 0.6 is 0 Å². The van der Waals surface area contributed by atoms with Gasteiger partial charge in [-0.15, -0.1) is 0 Å². The predicted octanol–water partition coefficient (Wildman–Crippen LogP) is 0.999. The maximum Gasteiger partial charge on any atom is 0.122 e. The first-order valence-electron chi connectivity index (χ1n) is 5.83. The number of aliphatic hydroxyl groups is 1. The van der Waals surface area contributed by atoms with E-state index < -0.39 is 0 Å². The molecule has 0 spiro atoms. The van der Waals surface area contributed by atoms with Crippen molar-refractivity contribution in [3.63, 3.8) is 0 Å². The Labute approximate surface area is 102 Å². The molecule has 1 fully saturated rings. The lowest BCUT2D eigenvalue weighted by Crippen LogP contribution is -2.15. The van der Waals surface area contributed by atoms with Crippen molar-refractivity contribution in [3.05, 3.63) is 23.8 Å². The van der Waals surface area contributed by atoms with Gasteiger partial charge in [0.15, 0.2) is 0 Å². The Hall–Kier alpha value is -1.26. The van der Waals surface area contributed by atoms with Gasteiger partial charge < -0.3 is 19.9 Å². The fraction of sp³-hybridized carbons (Fsp3) is 0.538. The van der Waals surface area contributed by atoms with E-state index in [9.17, 15) is 5.11 Å². The lowest BCUT2D eigenvalue weighted by atomic mass is 9.89. The molecule has 1 saturated heterocycles. The molecule has 1 aliphatic heterocycles. The number of benzene rings is 1. The van der Waals surface area contributed by atoms with Gasteiger partial charge in [0.25, 0.3) is 0 Å². The van der Waals surface area contributed by atoms with E-state index >= 15 is 0 Å². The molecule has 0 unspecified atom stereocenters. The molecule has 4 nitrogen and oxygen atoms in total. The number of aliphatic hydroxyl groups excluding tert-OH is 1. The summed E-state index contributed by atoms with van der Waals surface area (Å²) in [7, 11) is 3.30. The molecule has 2 N–H and O–H groups in total. The third kappa shape index (κ3) is 2.53. The highest BCUT2D eigenvalue weighted by Crippen LogP contribution is 2.33. The number of rotatable bonds is 4. The summed E-state index contributed by atoms with van der Waals surface area (Å²) in [5.41, 5.74) is 1.16. The summed E-state index contributed by atoms with van der Waals surface area (Å²) in [5, 5.41) is 12.7. The van der Waals surface area contributed by atoms with Crippen LogP contribution in [0, 0.1) is 5.92 Å². The van der Waals surface area contributed by atoms with Gasteiger partial charge in [-0.1, -0.05) is 0 Å². The van der Waals surface area contributed by atoms with Crippen LogP contribution in [0.4, 0.5) is 0 Å². The molecule has 1 heterocycles. The quantitative estimate of drug-likeness (QED) is 0.820.